The molecular weight excluding hydrogens is 306 g/mol. The summed E-state index contributed by atoms with van der Waals surface area (Å²) < 4.78 is 27.7. The first kappa shape index (κ1) is 14.7. The van der Waals surface area contributed by atoms with E-state index in [4.69, 9.17) is 5.11 Å². The Bertz CT molecular complexity index is 785. The number of aromatic nitrogens is 2. The molecule has 0 amide bonds. The molecule has 1 N–H and O–H groups in total. The molecule has 116 valence electrons. The van der Waals surface area contributed by atoms with E-state index in [9.17, 15) is 13.2 Å². The zero-order valence-corrected chi connectivity index (χ0v) is 12.5. The number of rotatable bonds is 4. The Hall–Kier alpha value is -2.19. The van der Waals surface area contributed by atoms with Crippen molar-refractivity contribution in [1.29, 1.82) is 0 Å². The van der Waals surface area contributed by atoms with Crippen LogP contribution in [0.4, 0.5) is 0 Å². The van der Waals surface area contributed by atoms with Crippen molar-refractivity contribution >= 4 is 16.0 Å². The lowest BCUT2D eigenvalue weighted by molar-refractivity contribution is -0.141. The van der Waals surface area contributed by atoms with Crippen LogP contribution in [0.5, 0.6) is 0 Å². The molecule has 7 nitrogen and oxygen atoms in total. The number of benzene rings is 1. The van der Waals surface area contributed by atoms with Gasteiger partial charge in [-0.3, -0.25) is 4.79 Å². The highest BCUT2D eigenvalue weighted by Gasteiger charge is 2.36. The number of carboxylic acid groups (broad SMARTS) is 1. The van der Waals surface area contributed by atoms with E-state index in [2.05, 4.69) is 5.10 Å². The van der Waals surface area contributed by atoms with Crippen molar-refractivity contribution in [2.24, 2.45) is 5.92 Å². The fourth-order valence-electron chi connectivity index (χ4n) is 2.46. The number of hydrogen-bond acceptors (Lipinski definition) is 4. The van der Waals surface area contributed by atoms with E-state index in [-0.39, 0.29) is 18.0 Å². The van der Waals surface area contributed by atoms with Gasteiger partial charge >= 0.3 is 5.97 Å². The number of carboxylic acids is 1. The van der Waals surface area contributed by atoms with Crippen molar-refractivity contribution < 1.29 is 18.3 Å². The average molecular weight is 321 g/mol. The second kappa shape index (κ2) is 5.54. The molecule has 2 aromatic rings. The topological polar surface area (TPSA) is 92.5 Å². The van der Waals surface area contributed by atoms with E-state index < -0.39 is 21.9 Å². The number of carbonyl (C=O) groups is 1. The SMILES string of the molecule is O=C(O)[C@@H]1CCN(S(=O)(=O)c2cnn(-c3ccccc3)c2)C1. The number of hydrogen-bond donors (Lipinski definition) is 1. The van der Waals surface area contributed by atoms with E-state index in [1.807, 2.05) is 30.3 Å². The Morgan fingerprint density at radius 2 is 2.00 bits per heavy atom. The molecule has 2 heterocycles. The minimum Gasteiger partial charge on any atom is -0.481 e. The van der Waals surface area contributed by atoms with Gasteiger partial charge in [-0.15, -0.1) is 0 Å². The molecular formula is C14H15N3O4S. The molecule has 3 rings (SSSR count). The highest BCUT2D eigenvalue weighted by Crippen LogP contribution is 2.24. The minimum absolute atomic E-state index is 0.00812. The van der Waals surface area contributed by atoms with Crippen LogP contribution < -0.4 is 0 Å². The lowest BCUT2D eigenvalue weighted by atomic mass is 10.1. The molecule has 0 saturated carbocycles. The van der Waals surface area contributed by atoms with Crippen molar-refractivity contribution in [2.45, 2.75) is 11.3 Å². The van der Waals surface area contributed by atoms with Crippen LogP contribution in [-0.4, -0.2) is 46.7 Å². The Kier molecular flexibility index (Phi) is 3.71. The molecule has 1 fully saturated rings. The number of sulfonamides is 1. The smallest absolute Gasteiger partial charge is 0.307 e. The number of aliphatic carboxylic acids is 1. The summed E-state index contributed by atoms with van der Waals surface area (Å²) in [5.41, 5.74) is 0.758. The predicted octanol–water partition coefficient (Wildman–Crippen LogP) is 0.967. The maximum atomic E-state index is 12.5. The Balaban J connectivity index is 1.85. The maximum absolute atomic E-state index is 12.5. The van der Waals surface area contributed by atoms with Crippen LogP contribution in [0.25, 0.3) is 5.69 Å². The van der Waals surface area contributed by atoms with Gasteiger partial charge in [0.05, 0.1) is 24.0 Å². The van der Waals surface area contributed by atoms with Crippen molar-refractivity contribution in [3.8, 4) is 5.69 Å². The first-order valence-electron chi connectivity index (χ1n) is 6.81. The number of para-hydroxylation sites is 1. The number of nitrogens with zero attached hydrogens (tertiary/aromatic N) is 3. The molecule has 1 aromatic carbocycles. The summed E-state index contributed by atoms with van der Waals surface area (Å²) in [6.07, 6.45) is 3.07. The summed E-state index contributed by atoms with van der Waals surface area (Å²) in [6, 6.07) is 9.17. The molecule has 1 aliphatic heterocycles. The molecule has 0 unspecified atom stereocenters. The predicted molar refractivity (Wildman–Crippen MR) is 78.1 cm³/mol. The van der Waals surface area contributed by atoms with Crippen LogP contribution in [0, 0.1) is 5.92 Å². The normalized spacial score (nSPS) is 19.4. The van der Waals surface area contributed by atoms with Crippen LogP contribution in [0.15, 0.2) is 47.6 Å². The van der Waals surface area contributed by atoms with Crippen LogP contribution in [0.3, 0.4) is 0 Å². The second-order valence-electron chi connectivity index (χ2n) is 5.14. The molecule has 1 atom stereocenters. The van der Waals surface area contributed by atoms with Crippen LogP contribution >= 0.6 is 0 Å². The molecule has 0 aliphatic carbocycles. The fraction of sp³-hybridized carbons (Fsp3) is 0.286. The summed E-state index contributed by atoms with van der Waals surface area (Å²) in [5, 5.41) is 13.1. The lowest BCUT2D eigenvalue weighted by Crippen LogP contribution is -2.29. The largest absolute Gasteiger partial charge is 0.481 e. The lowest BCUT2D eigenvalue weighted by Gasteiger charge is -2.14. The van der Waals surface area contributed by atoms with Gasteiger partial charge in [0.25, 0.3) is 0 Å². The third kappa shape index (κ3) is 2.62. The highest BCUT2D eigenvalue weighted by molar-refractivity contribution is 7.89. The zero-order chi connectivity index (χ0) is 15.7. The first-order chi connectivity index (χ1) is 10.5. The monoisotopic (exact) mass is 321 g/mol. The molecule has 1 aliphatic rings. The van der Waals surface area contributed by atoms with Crippen LogP contribution in [0.1, 0.15) is 6.42 Å². The summed E-state index contributed by atoms with van der Waals surface area (Å²) >= 11 is 0. The Morgan fingerprint density at radius 3 is 2.64 bits per heavy atom. The van der Waals surface area contributed by atoms with Crippen molar-refractivity contribution in [2.75, 3.05) is 13.1 Å². The van der Waals surface area contributed by atoms with E-state index in [0.29, 0.717) is 6.42 Å². The Labute approximate surface area is 127 Å². The highest BCUT2D eigenvalue weighted by atomic mass is 32.2. The summed E-state index contributed by atoms with van der Waals surface area (Å²) in [5.74, 6) is -1.60. The minimum atomic E-state index is -3.71. The van der Waals surface area contributed by atoms with Crippen molar-refractivity contribution in [3.05, 3.63) is 42.7 Å². The summed E-state index contributed by atoms with van der Waals surface area (Å²) in [7, 11) is -3.71. The maximum Gasteiger partial charge on any atom is 0.307 e. The van der Waals surface area contributed by atoms with Gasteiger partial charge in [0.1, 0.15) is 4.90 Å². The third-order valence-electron chi connectivity index (χ3n) is 3.72. The molecule has 1 saturated heterocycles. The van der Waals surface area contributed by atoms with Crippen molar-refractivity contribution in [1.82, 2.24) is 14.1 Å². The molecule has 8 heteroatoms. The molecule has 22 heavy (non-hydrogen) atoms. The molecule has 0 spiro atoms. The van der Waals surface area contributed by atoms with Gasteiger partial charge in [0, 0.05) is 13.1 Å². The second-order valence-corrected chi connectivity index (χ2v) is 7.08. The quantitative estimate of drug-likeness (QED) is 0.906. The van der Waals surface area contributed by atoms with Gasteiger partial charge in [0.2, 0.25) is 10.0 Å². The Morgan fingerprint density at radius 1 is 1.27 bits per heavy atom. The first-order valence-corrected chi connectivity index (χ1v) is 8.25. The molecule has 1 aromatic heterocycles. The van der Waals surface area contributed by atoms with E-state index in [1.165, 1.54) is 21.4 Å². The van der Waals surface area contributed by atoms with E-state index in [1.54, 1.807) is 0 Å². The van der Waals surface area contributed by atoms with Crippen molar-refractivity contribution in [3.63, 3.8) is 0 Å². The van der Waals surface area contributed by atoms with Gasteiger partial charge in [-0.25, -0.2) is 13.1 Å². The summed E-state index contributed by atoms with van der Waals surface area (Å²) in [4.78, 5) is 11.0. The zero-order valence-electron chi connectivity index (χ0n) is 11.7. The average Bonchev–Trinajstić information content (AvgIpc) is 3.18. The fourth-order valence-corrected chi connectivity index (χ4v) is 3.89. The van der Waals surface area contributed by atoms with Gasteiger partial charge in [-0.2, -0.15) is 9.40 Å². The van der Waals surface area contributed by atoms with Crippen LogP contribution in [-0.2, 0) is 14.8 Å². The molecule has 0 bridgehead atoms. The van der Waals surface area contributed by atoms with Gasteiger partial charge in [0.15, 0.2) is 0 Å². The molecule has 0 radical (unpaired) electrons. The van der Waals surface area contributed by atoms with E-state index >= 15 is 0 Å². The van der Waals surface area contributed by atoms with Gasteiger partial charge in [-0.05, 0) is 18.6 Å². The standard InChI is InChI=1S/C14H15N3O4S/c18-14(19)11-6-7-16(9-11)22(20,21)13-8-15-17(10-13)12-4-2-1-3-5-12/h1-5,8,10-11H,6-7,9H2,(H,18,19)/t11-/m1/s1. The van der Waals surface area contributed by atoms with Gasteiger partial charge in [-0.1, -0.05) is 18.2 Å². The van der Waals surface area contributed by atoms with Crippen LogP contribution in [0.2, 0.25) is 0 Å². The third-order valence-corrected chi connectivity index (χ3v) is 5.54. The van der Waals surface area contributed by atoms with E-state index in [0.717, 1.165) is 5.69 Å². The van der Waals surface area contributed by atoms with Gasteiger partial charge < -0.3 is 5.11 Å². The summed E-state index contributed by atoms with van der Waals surface area (Å²) in [6.45, 7) is 0.226.